The molecule has 1 nitrogen and oxygen atoms in total. The van der Waals surface area contributed by atoms with E-state index < -0.39 is 8.80 Å². The molecule has 3 rings (SSSR count). The van der Waals surface area contributed by atoms with Crippen LogP contribution in [0.1, 0.15) is 19.4 Å². The molecule has 1 aliphatic rings. The van der Waals surface area contributed by atoms with Gasteiger partial charge < -0.3 is 5.32 Å². The molecule has 110 valence electrons. The fourth-order valence-corrected chi connectivity index (χ4v) is 6.56. The van der Waals surface area contributed by atoms with Crippen LogP contribution >= 0.6 is 0 Å². The van der Waals surface area contributed by atoms with E-state index in [4.69, 9.17) is 0 Å². The Balaban J connectivity index is 1.83. The molecule has 1 atom stereocenters. The van der Waals surface area contributed by atoms with Crippen molar-refractivity contribution in [1.82, 2.24) is 0 Å². The Morgan fingerprint density at radius 1 is 1.00 bits per heavy atom. The molecular formula is C19H25NSi. The Labute approximate surface area is 130 Å². The third-order valence-electron chi connectivity index (χ3n) is 4.97. The molecule has 0 amide bonds. The number of nitrogens with one attached hydrogen (secondary N) is 1. The second-order valence-corrected chi connectivity index (χ2v) is 10.3. The zero-order valence-corrected chi connectivity index (χ0v) is 14.3. The minimum atomic E-state index is -0.567. The van der Waals surface area contributed by atoms with E-state index in [1.54, 1.807) is 0 Å². The van der Waals surface area contributed by atoms with Gasteiger partial charge in [0.25, 0.3) is 0 Å². The van der Waals surface area contributed by atoms with Crippen molar-refractivity contribution in [2.24, 2.45) is 0 Å². The minimum absolute atomic E-state index is 0.567. The van der Waals surface area contributed by atoms with Crippen LogP contribution in [-0.2, 0) is 6.42 Å². The first kappa shape index (κ1) is 14.4. The topological polar surface area (TPSA) is 12.0 Å². The van der Waals surface area contributed by atoms with Gasteiger partial charge in [-0.2, -0.15) is 0 Å². The molecule has 1 aliphatic heterocycles. The molecule has 0 saturated carbocycles. The van der Waals surface area contributed by atoms with Gasteiger partial charge in [0.15, 0.2) is 0 Å². The Kier molecular flexibility index (Phi) is 4.44. The standard InChI is InChI=1S/C19H25NSi/c1-3-21(4-2)18-12-17-11-10-16(13-19(17)20-14-18)15-8-6-5-7-9-15/h5-11,13,18,20-21H,3-4,12,14H2,1-2H3. The SMILES string of the molecule is CC[SiH](CC)C1CNc2cc(-c3ccccc3)ccc2C1. The second-order valence-electron chi connectivity index (χ2n) is 6.16. The van der Waals surface area contributed by atoms with E-state index in [1.165, 1.54) is 47.4 Å². The fourth-order valence-electron chi connectivity index (χ4n) is 3.61. The third-order valence-corrected chi connectivity index (χ3v) is 8.87. The van der Waals surface area contributed by atoms with Crippen molar-refractivity contribution < 1.29 is 0 Å². The van der Waals surface area contributed by atoms with Crippen molar-refractivity contribution in [1.29, 1.82) is 0 Å². The summed E-state index contributed by atoms with van der Waals surface area (Å²) in [4.78, 5) is 0. The van der Waals surface area contributed by atoms with E-state index in [0.29, 0.717) is 0 Å². The summed E-state index contributed by atoms with van der Waals surface area (Å²) in [7, 11) is -0.567. The summed E-state index contributed by atoms with van der Waals surface area (Å²) in [6, 6.07) is 20.5. The average Bonchev–Trinajstić information content (AvgIpc) is 2.56. The lowest BCUT2D eigenvalue weighted by Crippen LogP contribution is -2.30. The Hall–Kier alpha value is -1.54. The van der Waals surface area contributed by atoms with E-state index in [0.717, 1.165) is 5.54 Å². The Morgan fingerprint density at radius 2 is 1.76 bits per heavy atom. The summed E-state index contributed by atoms with van der Waals surface area (Å²) in [5, 5.41) is 3.71. The van der Waals surface area contributed by atoms with Crippen LogP contribution in [0.5, 0.6) is 0 Å². The van der Waals surface area contributed by atoms with Crippen molar-refractivity contribution in [3.63, 3.8) is 0 Å². The summed E-state index contributed by atoms with van der Waals surface area (Å²) >= 11 is 0. The number of anilines is 1. The second kappa shape index (κ2) is 6.48. The molecule has 21 heavy (non-hydrogen) atoms. The molecule has 0 bridgehead atoms. The lowest BCUT2D eigenvalue weighted by atomic mass is 9.98. The van der Waals surface area contributed by atoms with Gasteiger partial charge in [0.1, 0.15) is 0 Å². The molecule has 0 radical (unpaired) electrons. The summed E-state index contributed by atoms with van der Waals surface area (Å²) in [6.07, 6.45) is 1.29. The van der Waals surface area contributed by atoms with E-state index in [-0.39, 0.29) is 0 Å². The molecule has 1 N–H and O–H groups in total. The monoisotopic (exact) mass is 295 g/mol. The van der Waals surface area contributed by atoms with Gasteiger partial charge in [-0.1, -0.05) is 68.4 Å². The number of rotatable bonds is 4. The van der Waals surface area contributed by atoms with E-state index >= 15 is 0 Å². The highest BCUT2D eigenvalue weighted by atomic mass is 28.3. The maximum atomic E-state index is 3.71. The molecule has 0 fully saturated rings. The Morgan fingerprint density at radius 3 is 2.48 bits per heavy atom. The summed E-state index contributed by atoms with van der Waals surface area (Å²) in [5.41, 5.74) is 6.42. The highest BCUT2D eigenvalue weighted by Crippen LogP contribution is 2.34. The quantitative estimate of drug-likeness (QED) is 0.786. The first-order chi connectivity index (χ1) is 10.3. The molecular weight excluding hydrogens is 270 g/mol. The number of hydrogen-bond acceptors (Lipinski definition) is 1. The zero-order chi connectivity index (χ0) is 14.7. The van der Waals surface area contributed by atoms with Crippen LogP contribution in [0.4, 0.5) is 5.69 Å². The number of benzene rings is 2. The smallest absolute Gasteiger partial charge is 0.0419 e. The van der Waals surface area contributed by atoms with Crippen LogP contribution < -0.4 is 5.32 Å². The van der Waals surface area contributed by atoms with Crippen molar-refractivity contribution in [3.05, 3.63) is 54.1 Å². The molecule has 0 spiro atoms. The van der Waals surface area contributed by atoms with Gasteiger partial charge >= 0.3 is 0 Å². The predicted molar refractivity (Wildman–Crippen MR) is 95.9 cm³/mol. The normalized spacial score (nSPS) is 17.4. The largest absolute Gasteiger partial charge is 0.385 e. The lowest BCUT2D eigenvalue weighted by Gasteiger charge is -2.31. The van der Waals surface area contributed by atoms with Gasteiger partial charge in [-0.3, -0.25) is 0 Å². The van der Waals surface area contributed by atoms with Crippen LogP contribution in [0.25, 0.3) is 11.1 Å². The molecule has 2 aromatic rings. The van der Waals surface area contributed by atoms with E-state index in [2.05, 4.69) is 67.7 Å². The van der Waals surface area contributed by atoms with Crippen molar-refractivity contribution in [2.75, 3.05) is 11.9 Å². The number of fused-ring (bicyclic) bond motifs is 1. The maximum absolute atomic E-state index is 3.71. The minimum Gasteiger partial charge on any atom is -0.385 e. The summed E-state index contributed by atoms with van der Waals surface area (Å²) in [5.74, 6) is 0. The summed E-state index contributed by atoms with van der Waals surface area (Å²) < 4.78 is 0. The van der Waals surface area contributed by atoms with E-state index in [1.807, 2.05) is 0 Å². The average molecular weight is 296 g/mol. The molecule has 2 heteroatoms. The molecule has 0 aliphatic carbocycles. The highest BCUT2D eigenvalue weighted by molar-refractivity contribution is 6.60. The number of hydrogen-bond donors (Lipinski definition) is 1. The molecule has 1 heterocycles. The zero-order valence-electron chi connectivity index (χ0n) is 13.1. The highest BCUT2D eigenvalue weighted by Gasteiger charge is 2.25. The molecule has 0 saturated heterocycles. The maximum Gasteiger partial charge on any atom is 0.0419 e. The van der Waals surface area contributed by atoms with Crippen molar-refractivity contribution >= 4 is 14.5 Å². The van der Waals surface area contributed by atoms with Crippen LogP contribution in [0.2, 0.25) is 17.6 Å². The molecule has 0 aromatic heterocycles. The Bertz CT molecular complexity index is 590. The molecule has 1 unspecified atom stereocenters. The van der Waals surface area contributed by atoms with Crippen molar-refractivity contribution in [3.8, 4) is 11.1 Å². The van der Waals surface area contributed by atoms with Gasteiger partial charge in [-0.15, -0.1) is 0 Å². The first-order valence-corrected chi connectivity index (χ1v) is 10.5. The van der Waals surface area contributed by atoms with Crippen molar-refractivity contribution in [2.45, 2.75) is 37.9 Å². The summed E-state index contributed by atoms with van der Waals surface area (Å²) in [6.45, 7) is 5.95. The van der Waals surface area contributed by atoms with Crippen LogP contribution in [0.15, 0.2) is 48.5 Å². The van der Waals surface area contributed by atoms with Gasteiger partial charge in [-0.05, 0) is 34.7 Å². The lowest BCUT2D eigenvalue weighted by molar-refractivity contribution is 0.796. The van der Waals surface area contributed by atoms with Gasteiger partial charge in [0.05, 0.1) is 0 Å². The van der Waals surface area contributed by atoms with Crippen LogP contribution in [0, 0.1) is 0 Å². The van der Waals surface area contributed by atoms with E-state index in [9.17, 15) is 0 Å². The van der Waals surface area contributed by atoms with Gasteiger partial charge in [0.2, 0.25) is 0 Å². The van der Waals surface area contributed by atoms with Gasteiger partial charge in [0, 0.05) is 21.0 Å². The third kappa shape index (κ3) is 3.05. The van der Waals surface area contributed by atoms with Crippen LogP contribution in [-0.4, -0.2) is 15.3 Å². The first-order valence-electron chi connectivity index (χ1n) is 8.24. The fraction of sp³-hybridized carbons (Fsp3) is 0.368. The van der Waals surface area contributed by atoms with Crippen LogP contribution in [0.3, 0.4) is 0 Å². The predicted octanol–water partition coefficient (Wildman–Crippen LogP) is 4.96. The molecule has 2 aromatic carbocycles. The van der Waals surface area contributed by atoms with Gasteiger partial charge in [-0.25, -0.2) is 0 Å².